The molecule has 0 spiro atoms. The van der Waals surface area contributed by atoms with Gasteiger partial charge in [0.2, 0.25) is 0 Å². The third-order valence-electron chi connectivity index (χ3n) is 4.65. The summed E-state index contributed by atoms with van der Waals surface area (Å²) in [4.78, 5) is 0. The van der Waals surface area contributed by atoms with Gasteiger partial charge >= 0.3 is 0 Å². The van der Waals surface area contributed by atoms with Crippen LogP contribution in [-0.2, 0) is 0 Å². The molecule has 2 heteroatoms. The molecule has 130 valence electrons. The van der Waals surface area contributed by atoms with Crippen LogP contribution < -0.4 is 0 Å². The van der Waals surface area contributed by atoms with Crippen molar-refractivity contribution >= 4 is 12.4 Å². The average molecular weight is 321 g/mol. The molecule has 0 atom stereocenters. The molecule has 0 heterocycles. The van der Waals surface area contributed by atoms with Crippen LogP contribution in [-0.4, -0.2) is 31.2 Å². The van der Waals surface area contributed by atoms with E-state index in [0.717, 1.165) is 0 Å². The first kappa shape index (κ1) is 23.5. The Balaban J connectivity index is 0. The van der Waals surface area contributed by atoms with Crippen LogP contribution in [0.15, 0.2) is 0 Å². The molecule has 0 fully saturated rings. The minimum Gasteiger partial charge on any atom is -0.326 e. The lowest BCUT2D eigenvalue weighted by atomic mass is 10.1. The number of quaternary nitrogens is 1. The highest BCUT2D eigenvalue weighted by molar-refractivity contribution is 5.85. The molecule has 0 aliphatic heterocycles. The van der Waals surface area contributed by atoms with Gasteiger partial charge in [0.15, 0.2) is 0 Å². The predicted octanol–water partition coefficient (Wildman–Crippen LogP) is 6.60. The van der Waals surface area contributed by atoms with E-state index in [2.05, 4.69) is 27.8 Å². The largest absolute Gasteiger partial charge is 0.326 e. The van der Waals surface area contributed by atoms with Crippen LogP contribution in [0, 0.1) is 0 Å². The molecule has 0 aromatic heterocycles. The van der Waals surface area contributed by atoms with E-state index >= 15 is 0 Å². The Morgan fingerprint density at radius 1 is 0.476 bits per heavy atom. The minimum atomic E-state index is 0. The van der Waals surface area contributed by atoms with Crippen molar-refractivity contribution in [1.29, 1.82) is 0 Å². The molecule has 0 radical (unpaired) electrons. The van der Waals surface area contributed by atoms with Gasteiger partial charge in [0.1, 0.15) is 0 Å². The lowest BCUT2D eigenvalue weighted by molar-refractivity contribution is -0.910. The van der Waals surface area contributed by atoms with Gasteiger partial charge in [-0.05, 0) is 38.5 Å². The molecule has 0 rings (SSSR count). The second-order valence-corrected chi connectivity index (χ2v) is 6.97. The molecular formula is C19H43ClN+. The first-order valence-corrected chi connectivity index (χ1v) is 9.52. The maximum atomic E-state index is 2.52. The quantitative estimate of drug-likeness (QED) is 0.236. The third-order valence-corrected chi connectivity index (χ3v) is 4.65. The van der Waals surface area contributed by atoms with E-state index in [1.807, 2.05) is 0 Å². The SMILES string of the molecule is CCCCCC[N+](C)(CCCCCC)CCCCCC.Cl. The van der Waals surface area contributed by atoms with Crippen molar-refractivity contribution in [3.63, 3.8) is 0 Å². The van der Waals surface area contributed by atoms with E-state index in [1.165, 1.54) is 101 Å². The molecule has 0 aliphatic rings. The number of rotatable bonds is 15. The van der Waals surface area contributed by atoms with Crippen molar-refractivity contribution in [2.24, 2.45) is 0 Å². The molecule has 0 aromatic rings. The highest BCUT2D eigenvalue weighted by Crippen LogP contribution is 2.14. The summed E-state index contributed by atoms with van der Waals surface area (Å²) >= 11 is 0. The number of unbranched alkanes of at least 4 members (excludes halogenated alkanes) is 9. The number of hydrogen-bond donors (Lipinski definition) is 0. The Bertz CT molecular complexity index is 163. The molecule has 0 saturated heterocycles. The van der Waals surface area contributed by atoms with Crippen molar-refractivity contribution in [3.8, 4) is 0 Å². The molecule has 1 nitrogen and oxygen atoms in total. The third kappa shape index (κ3) is 14.9. The van der Waals surface area contributed by atoms with Crippen LogP contribution in [0.25, 0.3) is 0 Å². The maximum Gasteiger partial charge on any atom is 0.0784 e. The number of nitrogens with zero attached hydrogens (tertiary/aromatic N) is 1. The summed E-state index contributed by atoms with van der Waals surface area (Å²) in [6.07, 6.45) is 17.0. The summed E-state index contributed by atoms with van der Waals surface area (Å²) in [5, 5.41) is 0. The van der Waals surface area contributed by atoms with E-state index in [9.17, 15) is 0 Å². The Morgan fingerprint density at radius 2 is 0.762 bits per heavy atom. The van der Waals surface area contributed by atoms with E-state index in [0.29, 0.717) is 0 Å². The average Bonchev–Trinajstić information content (AvgIpc) is 2.45. The second-order valence-electron chi connectivity index (χ2n) is 6.97. The maximum absolute atomic E-state index is 2.52. The van der Waals surface area contributed by atoms with E-state index in [4.69, 9.17) is 0 Å². The number of hydrogen-bond acceptors (Lipinski definition) is 0. The number of halogens is 1. The van der Waals surface area contributed by atoms with Crippen molar-refractivity contribution in [2.45, 2.75) is 97.8 Å². The predicted molar refractivity (Wildman–Crippen MR) is 100 cm³/mol. The Kier molecular flexibility index (Phi) is 18.6. The van der Waals surface area contributed by atoms with Crippen molar-refractivity contribution in [3.05, 3.63) is 0 Å². The molecule has 0 amide bonds. The molecule has 0 aliphatic carbocycles. The molecule has 0 aromatic carbocycles. The lowest BCUT2D eigenvalue weighted by Crippen LogP contribution is -2.46. The Labute approximate surface area is 141 Å². The topological polar surface area (TPSA) is 0 Å². The molecular weight excluding hydrogens is 278 g/mol. The smallest absolute Gasteiger partial charge is 0.0784 e. The lowest BCUT2D eigenvalue weighted by Gasteiger charge is -2.35. The van der Waals surface area contributed by atoms with Gasteiger partial charge < -0.3 is 4.48 Å². The van der Waals surface area contributed by atoms with Gasteiger partial charge in [-0.25, -0.2) is 0 Å². The van der Waals surface area contributed by atoms with Crippen LogP contribution in [0.3, 0.4) is 0 Å². The summed E-state index contributed by atoms with van der Waals surface area (Å²) in [5.41, 5.74) is 0. The van der Waals surface area contributed by atoms with Gasteiger partial charge in [-0.3, -0.25) is 0 Å². The first-order chi connectivity index (χ1) is 9.68. The van der Waals surface area contributed by atoms with Crippen LogP contribution in [0.4, 0.5) is 0 Å². The molecule has 0 unspecified atom stereocenters. The fourth-order valence-corrected chi connectivity index (χ4v) is 3.10. The summed E-state index contributed by atoms with van der Waals surface area (Å²) < 4.78 is 1.34. The van der Waals surface area contributed by atoms with Gasteiger partial charge in [-0.1, -0.05) is 59.3 Å². The zero-order valence-corrected chi connectivity index (χ0v) is 16.3. The summed E-state index contributed by atoms with van der Waals surface area (Å²) in [6, 6.07) is 0. The van der Waals surface area contributed by atoms with Gasteiger partial charge in [-0.2, -0.15) is 0 Å². The molecule has 0 saturated carbocycles. The van der Waals surface area contributed by atoms with Crippen LogP contribution >= 0.6 is 12.4 Å². The van der Waals surface area contributed by atoms with Gasteiger partial charge in [0.05, 0.1) is 26.7 Å². The first-order valence-electron chi connectivity index (χ1n) is 9.52. The van der Waals surface area contributed by atoms with Crippen LogP contribution in [0.5, 0.6) is 0 Å². The Morgan fingerprint density at radius 3 is 1.00 bits per heavy atom. The summed E-state index contributed by atoms with van der Waals surface area (Å²) in [5.74, 6) is 0. The zero-order chi connectivity index (χ0) is 15.1. The molecule has 0 bridgehead atoms. The van der Waals surface area contributed by atoms with Crippen molar-refractivity contribution in [2.75, 3.05) is 26.7 Å². The highest BCUT2D eigenvalue weighted by Gasteiger charge is 2.19. The van der Waals surface area contributed by atoms with E-state index < -0.39 is 0 Å². The highest BCUT2D eigenvalue weighted by atomic mass is 35.5. The van der Waals surface area contributed by atoms with E-state index in [1.54, 1.807) is 0 Å². The van der Waals surface area contributed by atoms with Crippen molar-refractivity contribution < 1.29 is 4.48 Å². The fourth-order valence-electron chi connectivity index (χ4n) is 3.10. The van der Waals surface area contributed by atoms with Crippen LogP contribution in [0.1, 0.15) is 97.8 Å². The summed E-state index contributed by atoms with van der Waals surface area (Å²) in [6.45, 7) is 11.2. The second kappa shape index (κ2) is 16.6. The van der Waals surface area contributed by atoms with Crippen LogP contribution in [0.2, 0.25) is 0 Å². The Hall–Kier alpha value is 0.250. The standard InChI is InChI=1S/C19H42N.ClH/c1-5-8-11-14-17-20(4,18-15-12-9-6-2)19-16-13-10-7-3;/h5-19H2,1-4H3;1H/q+1;. The minimum absolute atomic E-state index is 0. The van der Waals surface area contributed by atoms with Gasteiger partial charge in [-0.15, -0.1) is 12.4 Å². The van der Waals surface area contributed by atoms with E-state index in [-0.39, 0.29) is 12.4 Å². The normalized spacial score (nSPS) is 11.4. The fraction of sp³-hybridized carbons (Fsp3) is 1.00. The van der Waals surface area contributed by atoms with Crippen molar-refractivity contribution in [1.82, 2.24) is 0 Å². The monoisotopic (exact) mass is 320 g/mol. The molecule has 21 heavy (non-hydrogen) atoms. The zero-order valence-electron chi connectivity index (χ0n) is 15.5. The van der Waals surface area contributed by atoms with Gasteiger partial charge in [0.25, 0.3) is 0 Å². The summed E-state index contributed by atoms with van der Waals surface area (Å²) in [7, 11) is 2.52. The van der Waals surface area contributed by atoms with Gasteiger partial charge in [0, 0.05) is 0 Å². The molecule has 0 N–H and O–H groups in total.